The lowest BCUT2D eigenvalue weighted by atomic mass is 10.0. The molecule has 2 atom stereocenters. The van der Waals surface area contributed by atoms with Crippen LogP contribution >= 0.6 is 11.6 Å². The summed E-state index contributed by atoms with van der Waals surface area (Å²) in [5, 5.41) is 9.70. The Bertz CT molecular complexity index is 397. The number of rotatable bonds is 1. The van der Waals surface area contributed by atoms with Crippen molar-refractivity contribution in [2.45, 2.75) is 19.4 Å². The molecule has 78 valence electrons. The average molecular weight is 221 g/mol. The van der Waals surface area contributed by atoms with Gasteiger partial charge in [0.15, 0.2) is 0 Å². The van der Waals surface area contributed by atoms with Gasteiger partial charge in [0.25, 0.3) is 0 Å². The van der Waals surface area contributed by atoms with E-state index in [1.165, 1.54) is 0 Å². The van der Waals surface area contributed by atoms with Gasteiger partial charge in [0.1, 0.15) is 0 Å². The van der Waals surface area contributed by atoms with E-state index in [1.807, 2.05) is 24.3 Å². The summed E-state index contributed by atoms with van der Waals surface area (Å²) in [6, 6.07) is 10.5. The molecule has 1 aliphatic rings. The Balaban J connectivity index is 2.23. The number of nitrogens with zero attached hydrogens (tertiary/aromatic N) is 2. The van der Waals surface area contributed by atoms with Crippen LogP contribution in [0.1, 0.15) is 13.3 Å². The third kappa shape index (κ3) is 1.93. The molecule has 0 radical (unpaired) electrons. The highest BCUT2D eigenvalue weighted by molar-refractivity contribution is 6.30. The first-order valence-corrected chi connectivity index (χ1v) is 5.52. The van der Waals surface area contributed by atoms with Crippen molar-refractivity contribution in [2.24, 2.45) is 5.92 Å². The molecule has 1 aliphatic heterocycles. The van der Waals surface area contributed by atoms with E-state index in [0.29, 0.717) is 0 Å². The lowest BCUT2D eigenvalue weighted by molar-refractivity contribution is 0.615. The predicted octanol–water partition coefficient (Wildman–Crippen LogP) is 3.08. The first kappa shape index (κ1) is 10.3. The van der Waals surface area contributed by atoms with E-state index < -0.39 is 0 Å². The number of hydrogen-bond acceptors (Lipinski definition) is 2. The van der Waals surface area contributed by atoms with Gasteiger partial charge in [-0.25, -0.2) is 0 Å². The fourth-order valence-electron chi connectivity index (χ4n) is 2.13. The maximum atomic E-state index is 8.95. The molecule has 2 unspecified atom stereocenters. The second-order valence-corrected chi connectivity index (χ2v) is 4.37. The predicted molar refractivity (Wildman–Crippen MR) is 62.0 cm³/mol. The monoisotopic (exact) mass is 220 g/mol. The largest absolute Gasteiger partial charge is 0.367 e. The summed E-state index contributed by atoms with van der Waals surface area (Å²) in [7, 11) is 0. The summed E-state index contributed by atoms with van der Waals surface area (Å²) in [6.07, 6.45) is 0.949. The fourth-order valence-corrected chi connectivity index (χ4v) is 2.32. The van der Waals surface area contributed by atoms with Gasteiger partial charge in [-0.15, -0.1) is 0 Å². The van der Waals surface area contributed by atoms with Gasteiger partial charge in [-0.2, -0.15) is 5.26 Å². The molecule has 0 bridgehead atoms. The number of anilines is 1. The minimum atomic E-state index is 0.143. The van der Waals surface area contributed by atoms with Crippen LogP contribution in [0.4, 0.5) is 5.69 Å². The second kappa shape index (κ2) is 4.12. The fraction of sp³-hybridized carbons (Fsp3) is 0.417. The molecule has 15 heavy (non-hydrogen) atoms. The van der Waals surface area contributed by atoms with Crippen molar-refractivity contribution in [2.75, 3.05) is 11.4 Å². The van der Waals surface area contributed by atoms with Crippen LogP contribution in [0.3, 0.4) is 0 Å². The molecule has 2 rings (SSSR count). The van der Waals surface area contributed by atoms with Crippen molar-refractivity contribution in [3.63, 3.8) is 0 Å². The van der Waals surface area contributed by atoms with Gasteiger partial charge in [0, 0.05) is 23.3 Å². The van der Waals surface area contributed by atoms with Crippen molar-refractivity contribution >= 4 is 17.3 Å². The molecule has 1 fully saturated rings. The van der Waals surface area contributed by atoms with Crippen LogP contribution < -0.4 is 4.90 Å². The van der Waals surface area contributed by atoms with Crippen molar-refractivity contribution in [1.29, 1.82) is 5.26 Å². The van der Waals surface area contributed by atoms with E-state index in [0.717, 1.165) is 23.7 Å². The molecule has 3 heteroatoms. The van der Waals surface area contributed by atoms with E-state index in [-0.39, 0.29) is 12.0 Å². The van der Waals surface area contributed by atoms with E-state index >= 15 is 0 Å². The molecule has 0 amide bonds. The summed E-state index contributed by atoms with van der Waals surface area (Å²) < 4.78 is 0. The molecule has 1 heterocycles. The van der Waals surface area contributed by atoms with Crippen LogP contribution in [0.15, 0.2) is 24.3 Å². The van der Waals surface area contributed by atoms with Gasteiger partial charge in [0.2, 0.25) is 0 Å². The van der Waals surface area contributed by atoms with Gasteiger partial charge in [0.05, 0.1) is 12.0 Å². The third-order valence-electron chi connectivity index (χ3n) is 3.06. The van der Waals surface area contributed by atoms with Crippen LogP contribution in [0, 0.1) is 17.2 Å². The third-order valence-corrected chi connectivity index (χ3v) is 3.30. The molecule has 0 aliphatic carbocycles. The normalized spacial score (nSPS) is 25.3. The van der Waals surface area contributed by atoms with Gasteiger partial charge in [-0.1, -0.05) is 17.7 Å². The summed E-state index contributed by atoms with van der Waals surface area (Å²) >= 11 is 5.95. The maximum Gasteiger partial charge on any atom is 0.0681 e. The molecule has 1 aromatic rings. The molecular weight excluding hydrogens is 208 g/mol. The van der Waals surface area contributed by atoms with E-state index in [1.54, 1.807) is 0 Å². The Labute approximate surface area is 95.1 Å². The lowest BCUT2D eigenvalue weighted by Crippen LogP contribution is -2.29. The van der Waals surface area contributed by atoms with Crippen LogP contribution in [-0.4, -0.2) is 12.6 Å². The molecule has 1 aromatic carbocycles. The van der Waals surface area contributed by atoms with Gasteiger partial charge < -0.3 is 4.90 Å². The summed E-state index contributed by atoms with van der Waals surface area (Å²) in [6.45, 7) is 3.04. The Morgan fingerprint density at radius 1 is 1.53 bits per heavy atom. The van der Waals surface area contributed by atoms with Crippen LogP contribution in [0.25, 0.3) is 0 Å². The Morgan fingerprint density at radius 3 is 2.93 bits per heavy atom. The Morgan fingerprint density at radius 2 is 2.33 bits per heavy atom. The smallest absolute Gasteiger partial charge is 0.0681 e. The average Bonchev–Trinajstić information content (AvgIpc) is 2.59. The van der Waals surface area contributed by atoms with Crippen molar-refractivity contribution in [1.82, 2.24) is 0 Å². The van der Waals surface area contributed by atoms with Gasteiger partial charge in [-0.05, 0) is 31.5 Å². The molecule has 1 saturated heterocycles. The zero-order valence-electron chi connectivity index (χ0n) is 8.65. The number of hydrogen-bond donors (Lipinski definition) is 0. The summed E-state index contributed by atoms with van der Waals surface area (Å²) in [5.41, 5.74) is 1.12. The van der Waals surface area contributed by atoms with Crippen LogP contribution in [0.2, 0.25) is 5.02 Å². The minimum Gasteiger partial charge on any atom is -0.367 e. The topological polar surface area (TPSA) is 27.0 Å². The quantitative estimate of drug-likeness (QED) is 0.727. The van der Waals surface area contributed by atoms with Gasteiger partial charge in [-0.3, -0.25) is 0 Å². The van der Waals surface area contributed by atoms with Crippen molar-refractivity contribution in [3.05, 3.63) is 29.3 Å². The number of halogens is 1. The van der Waals surface area contributed by atoms with E-state index in [2.05, 4.69) is 17.9 Å². The van der Waals surface area contributed by atoms with Crippen LogP contribution in [0.5, 0.6) is 0 Å². The van der Waals surface area contributed by atoms with Crippen molar-refractivity contribution in [3.8, 4) is 6.07 Å². The maximum absolute atomic E-state index is 8.95. The minimum absolute atomic E-state index is 0.143. The van der Waals surface area contributed by atoms with Crippen molar-refractivity contribution < 1.29 is 0 Å². The molecular formula is C12H13ClN2. The Kier molecular flexibility index (Phi) is 2.83. The molecule has 0 spiro atoms. The molecule has 2 nitrogen and oxygen atoms in total. The number of nitriles is 1. The second-order valence-electron chi connectivity index (χ2n) is 3.94. The Hall–Kier alpha value is -1.20. The number of benzene rings is 1. The zero-order valence-corrected chi connectivity index (χ0v) is 9.41. The first-order chi connectivity index (χ1) is 7.22. The summed E-state index contributed by atoms with van der Waals surface area (Å²) in [5.74, 6) is 0.143. The molecule has 0 saturated carbocycles. The van der Waals surface area contributed by atoms with E-state index in [9.17, 15) is 0 Å². The SMILES string of the molecule is CC1C(C#N)CCN1c1cccc(Cl)c1. The lowest BCUT2D eigenvalue weighted by Gasteiger charge is -2.24. The summed E-state index contributed by atoms with van der Waals surface area (Å²) in [4.78, 5) is 2.25. The van der Waals surface area contributed by atoms with Crippen LogP contribution in [-0.2, 0) is 0 Å². The molecule has 0 N–H and O–H groups in total. The van der Waals surface area contributed by atoms with Gasteiger partial charge >= 0.3 is 0 Å². The zero-order chi connectivity index (χ0) is 10.8. The van der Waals surface area contributed by atoms with E-state index in [4.69, 9.17) is 16.9 Å². The highest BCUT2D eigenvalue weighted by Crippen LogP contribution is 2.30. The highest BCUT2D eigenvalue weighted by atomic mass is 35.5. The highest BCUT2D eigenvalue weighted by Gasteiger charge is 2.30. The first-order valence-electron chi connectivity index (χ1n) is 5.14. The molecule has 0 aromatic heterocycles. The standard InChI is InChI=1S/C12H13ClN2/c1-9-10(8-14)5-6-15(9)12-4-2-3-11(13)7-12/h2-4,7,9-10H,5-6H2,1H3.